The number of carbonyl (C=O) groups is 1. The van der Waals surface area contributed by atoms with Crippen molar-refractivity contribution >= 4 is 32.9 Å². The van der Waals surface area contributed by atoms with E-state index in [0.717, 1.165) is 10.0 Å². The summed E-state index contributed by atoms with van der Waals surface area (Å²) in [5.41, 5.74) is 1.59. The molecule has 5 nitrogen and oxygen atoms in total. The summed E-state index contributed by atoms with van der Waals surface area (Å²) in [7, 11) is 0. The molecule has 128 valence electrons. The van der Waals surface area contributed by atoms with Crippen molar-refractivity contribution < 1.29 is 19.1 Å². The average molecular weight is 403 g/mol. The number of esters is 1. The third-order valence-electron chi connectivity index (χ3n) is 3.87. The molecule has 0 bridgehead atoms. The molecule has 1 N–H and O–H groups in total. The smallest absolute Gasteiger partial charge is 0.336 e. The largest absolute Gasteiger partial charge is 0.508 e. The monoisotopic (exact) mass is 402 g/mol. The van der Waals surface area contributed by atoms with Gasteiger partial charge in [0.2, 0.25) is 0 Å². The number of aryl methyl sites for hydroxylation is 1. The molecule has 0 saturated carbocycles. The molecule has 0 radical (unpaired) electrons. The van der Waals surface area contributed by atoms with Gasteiger partial charge in [-0.05, 0) is 36.8 Å². The summed E-state index contributed by atoms with van der Waals surface area (Å²) in [5, 5.41) is 10.4. The molecular formula is C19H15BrO5. The van der Waals surface area contributed by atoms with E-state index in [2.05, 4.69) is 15.9 Å². The number of rotatable bonds is 4. The lowest BCUT2D eigenvalue weighted by atomic mass is 10.1. The Hall–Kier alpha value is -2.60. The maximum Gasteiger partial charge on any atom is 0.336 e. The van der Waals surface area contributed by atoms with Crippen molar-refractivity contribution in [2.45, 2.75) is 20.0 Å². The molecule has 0 fully saturated rings. The van der Waals surface area contributed by atoms with Crippen LogP contribution in [-0.4, -0.2) is 11.1 Å². The first kappa shape index (κ1) is 17.2. The van der Waals surface area contributed by atoms with Gasteiger partial charge in [-0.15, -0.1) is 0 Å². The third kappa shape index (κ3) is 3.91. The highest BCUT2D eigenvalue weighted by molar-refractivity contribution is 9.10. The Bertz CT molecular complexity index is 989. The Morgan fingerprint density at radius 1 is 1.20 bits per heavy atom. The molecule has 1 heterocycles. The minimum absolute atomic E-state index is 0.0400. The minimum Gasteiger partial charge on any atom is -0.508 e. The SMILES string of the molecule is Cc1c(O)ccc2c(COC(=O)Cc3ccc(Br)cc3)cc(=O)oc12. The van der Waals surface area contributed by atoms with E-state index in [1.807, 2.05) is 24.3 Å². The van der Waals surface area contributed by atoms with E-state index in [0.29, 0.717) is 22.1 Å². The molecule has 0 aliphatic carbocycles. The van der Waals surface area contributed by atoms with E-state index >= 15 is 0 Å². The first-order valence-electron chi connectivity index (χ1n) is 7.59. The normalized spacial score (nSPS) is 10.8. The van der Waals surface area contributed by atoms with Crippen molar-refractivity contribution in [3.63, 3.8) is 0 Å². The standard InChI is InChI=1S/C19H15BrO5/c1-11-16(21)7-6-15-13(9-18(23)25-19(11)15)10-24-17(22)8-12-2-4-14(20)5-3-12/h2-7,9,21H,8,10H2,1H3. The second-order valence-electron chi connectivity index (χ2n) is 5.64. The lowest BCUT2D eigenvalue weighted by molar-refractivity contribution is -0.144. The molecule has 0 aliphatic heterocycles. The Morgan fingerprint density at radius 3 is 2.64 bits per heavy atom. The Kier molecular flexibility index (Phi) is 4.90. The summed E-state index contributed by atoms with van der Waals surface area (Å²) in [6.07, 6.45) is 0.145. The van der Waals surface area contributed by atoms with Gasteiger partial charge in [0.25, 0.3) is 0 Å². The maximum absolute atomic E-state index is 12.0. The van der Waals surface area contributed by atoms with E-state index in [1.54, 1.807) is 13.0 Å². The molecular weight excluding hydrogens is 388 g/mol. The predicted molar refractivity (Wildman–Crippen MR) is 96.5 cm³/mol. The number of benzene rings is 2. The first-order valence-corrected chi connectivity index (χ1v) is 8.38. The van der Waals surface area contributed by atoms with Crippen LogP contribution in [0.5, 0.6) is 5.75 Å². The van der Waals surface area contributed by atoms with Crippen LogP contribution in [0.4, 0.5) is 0 Å². The summed E-state index contributed by atoms with van der Waals surface area (Å²) in [4.78, 5) is 23.8. The van der Waals surface area contributed by atoms with Crippen molar-refractivity contribution in [1.82, 2.24) is 0 Å². The number of aromatic hydroxyl groups is 1. The summed E-state index contributed by atoms with van der Waals surface area (Å²) in [6.45, 7) is 1.62. The first-order chi connectivity index (χ1) is 11.9. The molecule has 3 rings (SSSR count). The molecule has 25 heavy (non-hydrogen) atoms. The second-order valence-corrected chi connectivity index (χ2v) is 6.56. The van der Waals surface area contributed by atoms with Gasteiger partial charge in [0.1, 0.15) is 17.9 Å². The highest BCUT2D eigenvalue weighted by Gasteiger charge is 2.12. The van der Waals surface area contributed by atoms with Gasteiger partial charge in [-0.25, -0.2) is 4.79 Å². The van der Waals surface area contributed by atoms with Crippen molar-refractivity contribution in [2.75, 3.05) is 0 Å². The maximum atomic E-state index is 12.0. The summed E-state index contributed by atoms with van der Waals surface area (Å²) < 4.78 is 11.4. The third-order valence-corrected chi connectivity index (χ3v) is 4.40. The number of phenols is 1. The van der Waals surface area contributed by atoms with Crippen LogP contribution < -0.4 is 5.63 Å². The van der Waals surface area contributed by atoms with Crippen LogP contribution in [-0.2, 0) is 22.6 Å². The number of phenolic OH excluding ortho intramolecular Hbond substituents is 1. The van der Waals surface area contributed by atoms with Gasteiger partial charge >= 0.3 is 11.6 Å². The Balaban J connectivity index is 1.79. The van der Waals surface area contributed by atoms with Gasteiger partial charge in [-0.2, -0.15) is 0 Å². The molecule has 0 aliphatic rings. The summed E-state index contributed by atoms with van der Waals surface area (Å²) >= 11 is 3.34. The number of ether oxygens (including phenoxy) is 1. The zero-order valence-electron chi connectivity index (χ0n) is 13.4. The van der Waals surface area contributed by atoms with Crippen molar-refractivity contribution in [3.05, 3.63) is 74.0 Å². The highest BCUT2D eigenvalue weighted by Crippen LogP contribution is 2.27. The second kappa shape index (κ2) is 7.11. The van der Waals surface area contributed by atoms with Crippen LogP contribution in [0.2, 0.25) is 0 Å². The van der Waals surface area contributed by atoms with E-state index in [9.17, 15) is 14.7 Å². The average Bonchev–Trinajstić information content (AvgIpc) is 2.58. The summed E-state index contributed by atoms with van der Waals surface area (Å²) in [5.74, 6) is -0.348. The van der Waals surface area contributed by atoms with Crippen LogP contribution in [0.3, 0.4) is 0 Å². The number of hydrogen-bond acceptors (Lipinski definition) is 5. The molecule has 0 saturated heterocycles. The molecule has 1 aromatic heterocycles. The fourth-order valence-corrected chi connectivity index (χ4v) is 2.78. The summed E-state index contributed by atoms with van der Waals surface area (Å²) in [6, 6.07) is 11.8. The number of fused-ring (bicyclic) bond motifs is 1. The van der Waals surface area contributed by atoms with Gasteiger partial charge in [0, 0.05) is 27.1 Å². The van der Waals surface area contributed by atoms with Crippen LogP contribution >= 0.6 is 15.9 Å². The van der Waals surface area contributed by atoms with Gasteiger partial charge in [0.15, 0.2) is 0 Å². The van der Waals surface area contributed by atoms with E-state index in [1.165, 1.54) is 12.1 Å². The molecule has 0 atom stereocenters. The Labute approximate surface area is 152 Å². The zero-order valence-corrected chi connectivity index (χ0v) is 15.0. The fourth-order valence-electron chi connectivity index (χ4n) is 2.51. The van der Waals surface area contributed by atoms with Crippen molar-refractivity contribution in [3.8, 4) is 5.75 Å². The van der Waals surface area contributed by atoms with E-state index < -0.39 is 5.63 Å². The predicted octanol–water partition coefficient (Wildman–Crippen LogP) is 3.86. The van der Waals surface area contributed by atoms with Gasteiger partial charge in [0.05, 0.1) is 6.42 Å². The molecule has 0 amide bonds. The highest BCUT2D eigenvalue weighted by atomic mass is 79.9. The van der Waals surface area contributed by atoms with Crippen LogP contribution in [0.15, 0.2) is 56.1 Å². The molecule has 6 heteroatoms. The number of carbonyl (C=O) groups excluding carboxylic acids is 1. The molecule has 3 aromatic rings. The lowest BCUT2D eigenvalue weighted by Gasteiger charge is -2.09. The zero-order chi connectivity index (χ0) is 18.0. The van der Waals surface area contributed by atoms with Crippen LogP contribution in [0.25, 0.3) is 11.0 Å². The molecule has 0 unspecified atom stereocenters. The van der Waals surface area contributed by atoms with Crippen molar-refractivity contribution in [2.24, 2.45) is 0 Å². The van der Waals surface area contributed by atoms with E-state index in [-0.39, 0.29) is 24.7 Å². The topological polar surface area (TPSA) is 76.7 Å². The number of hydrogen-bond donors (Lipinski definition) is 1. The molecule has 0 spiro atoms. The van der Waals surface area contributed by atoms with Gasteiger partial charge < -0.3 is 14.3 Å². The van der Waals surface area contributed by atoms with E-state index in [4.69, 9.17) is 9.15 Å². The van der Waals surface area contributed by atoms with Crippen LogP contribution in [0, 0.1) is 6.92 Å². The quantitative estimate of drug-likeness (QED) is 0.529. The van der Waals surface area contributed by atoms with Crippen molar-refractivity contribution in [1.29, 1.82) is 0 Å². The van der Waals surface area contributed by atoms with Gasteiger partial charge in [-0.1, -0.05) is 28.1 Å². The lowest BCUT2D eigenvalue weighted by Crippen LogP contribution is -2.10. The van der Waals surface area contributed by atoms with Crippen LogP contribution in [0.1, 0.15) is 16.7 Å². The Morgan fingerprint density at radius 2 is 1.92 bits per heavy atom. The number of halogens is 1. The van der Waals surface area contributed by atoms with Gasteiger partial charge in [-0.3, -0.25) is 4.79 Å². The fraction of sp³-hybridized carbons (Fsp3) is 0.158. The molecule has 2 aromatic carbocycles. The minimum atomic E-state index is -0.555.